The number of carbonyl (C=O) groups excluding carboxylic acids is 2. The van der Waals surface area contributed by atoms with Gasteiger partial charge in [-0.2, -0.15) is 0 Å². The second kappa shape index (κ2) is 10.2. The van der Waals surface area contributed by atoms with Crippen molar-refractivity contribution in [2.24, 2.45) is 0 Å². The van der Waals surface area contributed by atoms with Crippen molar-refractivity contribution < 1.29 is 14.3 Å². The first-order valence-electron chi connectivity index (χ1n) is 10.3. The summed E-state index contributed by atoms with van der Waals surface area (Å²) < 4.78 is 5.24. The van der Waals surface area contributed by atoms with E-state index in [4.69, 9.17) is 4.74 Å². The Kier molecular flexibility index (Phi) is 7.41. The van der Waals surface area contributed by atoms with E-state index in [-0.39, 0.29) is 24.3 Å². The van der Waals surface area contributed by atoms with E-state index in [0.717, 1.165) is 16.0 Å². The molecular formula is C25H27NO3S. The van der Waals surface area contributed by atoms with Crippen molar-refractivity contribution in [3.63, 3.8) is 0 Å². The van der Waals surface area contributed by atoms with Crippen molar-refractivity contribution in [3.05, 3.63) is 88.3 Å². The van der Waals surface area contributed by atoms with Crippen LogP contribution in [0.3, 0.4) is 0 Å². The molecule has 30 heavy (non-hydrogen) atoms. The highest BCUT2D eigenvalue weighted by Gasteiger charge is 2.25. The molecule has 0 fully saturated rings. The Hall–Kier alpha value is -2.92. The van der Waals surface area contributed by atoms with Gasteiger partial charge in [-0.05, 0) is 30.5 Å². The largest absolute Gasteiger partial charge is 0.462 e. The normalized spacial score (nSPS) is 12.8. The third-order valence-electron chi connectivity index (χ3n) is 5.14. The lowest BCUT2D eigenvalue weighted by atomic mass is 9.95. The number of ether oxygens (including phenoxy) is 1. The molecule has 156 valence electrons. The molecule has 5 heteroatoms. The van der Waals surface area contributed by atoms with Gasteiger partial charge in [0.15, 0.2) is 0 Å². The minimum absolute atomic E-state index is 0.103. The van der Waals surface area contributed by atoms with Crippen LogP contribution in [0.2, 0.25) is 0 Å². The summed E-state index contributed by atoms with van der Waals surface area (Å²) in [5.74, 6) is -0.706. The first-order valence-corrected chi connectivity index (χ1v) is 11.1. The van der Waals surface area contributed by atoms with Gasteiger partial charge < -0.3 is 10.1 Å². The van der Waals surface area contributed by atoms with Gasteiger partial charge in [0, 0.05) is 10.8 Å². The van der Waals surface area contributed by atoms with Crippen molar-refractivity contribution >= 4 is 28.2 Å². The molecule has 3 rings (SSSR count). The van der Waals surface area contributed by atoms with E-state index in [2.05, 4.69) is 24.4 Å². The smallest absolute Gasteiger partial charge is 0.341 e. The van der Waals surface area contributed by atoms with Gasteiger partial charge >= 0.3 is 5.97 Å². The minimum atomic E-state index is -0.414. The summed E-state index contributed by atoms with van der Waals surface area (Å²) in [4.78, 5) is 26.6. The number of anilines is 1. The molecule has 0 aliphatic carbocycles. The monoisotopic (exact) mass is 421 g/mol. The van der Waals surface area contributed by atoms with E-state index in [1.54, 1.807) is 6.92 Å². The zero-order valence-electron chi connectivity index (χ0n) is 17.6. The summed E-state index contributed by atoms with van der Waals surface area (Å²) in [6, 6.07) is 21.7. The van der Waals surface area contributed by atoms with Gasteiger partial charge in [0.25, 0.3) is 0 Å². The molecule has 3 aromatic rings. The van der Waals surface area contributed by atoms with Gasteiger partial charge in [0.2, 0.25) is 5.91 Å². The summed E-state index contributed by atoms with van der Waals surface area (Å²) in [5, 5.41) is 3.55. The highest BCUT2D eigenvalue weighted by Crippen LogP contribution is 2.37. The Morgan fingerprint density at radius 3 is 2.13 bits per heavy atom. The third kappa shape index (κ3) is 4.97. The molecule has 1 heterocycles. The van der Waals surface area contributed by atoms with Gasteiger partial charge in [0.05, 0.1) is 18.1 Å². The van der Waals surface area contributed by atoms with Crippen LogP contribution in [0.1, 0.15) is 65.4 Å². The highest BCUT2D eigenvalue weighted by atomic mass is 32.1. The van der Waals surface area contributed by atoms with Crippen molar-refractivity contribution in [1.82, 2.24) is 0 Å². The van der Waals surface area contributed by atoms with E-state index >= 15 is 0 Å². The maximum atomic E-state index is 13.1. The molecular weight excluding hydrogens is 394 g/mol. The lowest BCUT2D eigenvalue weighted by Gasteiger charge is -2.15. The molecule has 1 N–H and O–H groups in total. The highest BCUT2D eigenvalue weighted by molar-refractivity contribution is 7.16. The Morgan fingerprint density at radius 2 is 1.57 bits per heavy atom. The molecule has 0 aliphatic rings. The number of benzene rings is 2. The van der Waals surface area contributed by atoms with Crippen LogP contribution in [0.5, 0.6) is 0 Å². The molecule has 4 nitrogen and oxygen atoms in total. The summed E-state index contributed by atoms with van der Waals surface area (Å²) in [5.41, 5.74) is 2.53. The Balaban J connectivity index is 1.91. The molecule has 2 aromatic carbocycles. The molecule has 0 spiro atoms. The maximum Gasteiger partial charge on any atom is 0.341 e. The van der Waals surface area contributed by atoms with Crippen LogP contribution in [-0.4, -0.2) is 18.5 Å². The molecule has 2 atom stereocenters. The zero-order valence-corrected chi connectivity index (χ0v) is 18.4. The molecule has 0 radical (unpaired) electrons. The standard InChI is InChI=1S/C25H27NO3S/c1-4-20(19-14-10-7-11-15-19)23(27)26-24-21(25(28)29-5-2)16-22(30-24)17(3)18-12-8-6-9-13-18/h6-17,20H,4-5H2,1-3H3,(H,26,27)/t17-,20-/m1/s1. The number of hydrogen-bond acceptors (Lipinski definition) is 4. The average Bonchev–Trinajstić information content (AvgIpc) is 3.19. The zero-order chi connectivity index (χ0) is 21.5. The molecule has 1 aromatic heterocycles. The van der Waals surface area contributed by atoms with Gasteiger partial charge in [-0.15, -0.1) is 11.3 Å². The van der Waals surface area contributed by atoms with Gasteiger partial charge in [-0.25, -0.2) is 4.79 Å². The number of carbonyl (C=O) groups is 2. The van der Waals surface area contributed by atoms with E-state index in [1.165, 1.54) is 11.3 Å². The van der Waals surface area contributed by atoms with Crippen LogP contribution < -0.4 is 5.32 Å². The van der Waals surface area contributed by atoms with E-state index in [9.17, 15) is 9.59 Å². The molecule has 0 bridgehead atoms. The van der Waals surface area contributed by atoms with Crippen molar-refractivity contribution in [1.29, 1.82) is 0 Å². The first kappa shape index (κ1) is 21.8. The lowest BCUT2D eigenvalue weighted by molar-refractivity contribution is -0.117. The fourth-order valence-corrected chi connectivity index (χ4v) is 4.57. The van der Waals surface area contributed by atoms with Crippen LogP contribution >= 0.6 is 11.3 Å². The molecule has 0 aliphatic heterocycles. The molecule has 0 saturated carbocycles. The second-order valence-corrected chi connectivity index (χ2v) is 8.19. The predicted molar refractivity (Wildman–Crippen MR) is 122 cm³/mol. The quantitative estimate of drug-likeness (QED) is 0.440. The van der Waals surface area contributed by atoms with Crippen molar-refractivity contribution in [3.8, 4) is 0 Å². The summed E-state index contributed by atoms with van der Waals surface area (Å²) in [7, 11) is 0. The predicted octanol–water partition coefficient (Wildman–Crippen LogP) is 6.21. The van der Waals surface area contributed by atoms with Crippen molar-refractivity contribution in [2.75, 3.05) is 11.9 Å². The van der Waals surface area contributed by atoms with Crippen LogP contribution in [0.4, 0.5) is 5.00 Å². The fourth-order valence-electron chi connectivity index (χ4n) is 3.44. The van der Waals surface area contributed by atoms with Crippen LogP contribution in [-0.2, 0) is 9.53 Å². The summed E-state index contributed by atoms with van der Waals surface area (Å²) >= 11 is 1.44. The Bertz CT molecular complexity index is 982. The number of nitrogens with one attached hydrogen (secondary N) is 1. The molecule has 0 unspecified atom stereocenters. The van der Waals surface area contributed by atoms with Crippen molar-refractivity contribution in [2.45, 2.75) is 39.0 Å². The third-order valence-corrected chi connectivity index (χ3v) is 6.37. The lowest BCUT2D eigenvalue weighted by Crippen LogP contribution is -2.21. The fraction of sp³-hybridized carbons (Fsp3) is 0.280. The van der Waals surface area contributed by atoms with E-state index in [1.807, 2.05) is 61.5 Å². The summed E-state index contributed by atoms with van der Waals surface area (Å²) in [6.45, 7) is 6.15. The molecule has 1 amide bonds. The number of amides is 1. The van der Waals surface area contributed by atoms with Crippen LogP contribution in [0.25, 0.3) is 0 Å². The average molecular weight is 422 g/mol. The number of hydrogen-bond donors (Lipinski definition) is 1. The minimum Gasteiger partial charge on any atom is -0.462 e. The number of thiophene rings is 1. The van der Waals surface area contributed by atoms with Gasteiger partial charge in [-0.1, -0.05) is 74.5 Å². The van der Waals surface area contributed by atoms with Gasteiger partial charge in [0.1, 0.15) is 5.00 Å². The van der Waals surface area contributed by atoms with Crippen LogP contribution in [0, 0.1) is 0 Å². The Labute approximate surface area is 181 Å². The van der Waals surface area contributed by atoms with Crippen LogP contribution in [0.15, 0.2) is 66.7 Å². The second-order valence-electron chi connectivity index (χ2n) is 7.11. The molecule has 0 saturated heterocycles. The maximum absolute atomic E-state index is 13.1. The van der Waals surface area contributed by atoms with E-state index < -0.39 is 5.97 Å². The number of esters is 1. The number of rotatable bonds is 8. The van der Waals surface area contributed by atoms with Gasteiger partial charge in [-0.3, -0.25) is 4.79 Å². The first-order chi connectivity index (χ1) is 14.5. The van der Waals surface area contributed by atoms with E-state index in [0.29, 0.717) is 17.0 Å². The SMILES string of the molecule is CCOC(=O)c1cc([C@H](C)c2ccccc2)sc1NC(=O)[C@H](CC)c1ccccc1. The topological polar surface area (TPSA) is 55.4 Å². The Morgan fingerprint density at radius 1 is 0.967 bits per heavy atom. The summed E-state index contributed by atoms with van der Waals surface area (Å²) in [6.07, 6.45) is 0.670.